The van der Waals surface area contributed by atoms with Crippen LogP contribution < -0.4 is 5.32 Å². The van der Waals surface area contributed by atoms with E-state index in [1.54, 1.807) is 4.90 Å². The second-order valence-electron chi connectivity index (χ2n) is 4.24. The van der Waals surface area contributed by atoms with Crippen molar-refractivity contribution in [3.8, 4) is 0 Å². The summed E-state index contributed by atoms with van der Waals surface area (Å²) in [7, 11) is 0. The summed E-state index contributed by atoms with van der Waals surface area (Å²) >= 11 is 0. The summed E-state index contributed by atoms with van der Waals surface area (Å²) in [5.74, 6) is -0.914. The molecule has 0 spiro atoms. The first-order valence-corrected chi connectivity index (χ1v) is 5.55. The molecule has 7 heteroatoms. The quantitative estimate of drug-likeness (QED) is 0.655. The Morgan fingerprint density at radius 1 is 1.61 bits per heavy atom. The van der Waals surface area contributed by atoms with Gasteiger partial charge < -0.3 is 15.5 Å². The van der Waals surface area contributed by atoms with E-state index in [2.05, 4.69) is 10.3 Å². The zero-order valence-electron chi connectivity index (χ0n) is 9.58. The van der Waals surface area contributed by atoms with Crippen molar-refractivity contribution in [3.05, 3.63) is 24.1 Å². The molecule has 1 saturated heterocycles. The number of hydrogen-bond acceptors (Lipinski definition) is 5. The number of carbonyl (C=O) groups is 1. The first-order chi connectivity index (χ1) is 8.54. The van der Waals surface area contributed by atoms with Crippen LogP contribution in [0.3, 0.4) is 0 Å². The van der Waals surface area contributed by atoms with Gasteiger partial charge in [0.15, 0.2) is 0 Å². The zero-order valence-corrected chi connectivity index (χ0v) is 9.58. The Morgan fingerprint density at radius 2 is 2.33 bits per heavy atom. The fourth-order valence-electron chi connectivity index (χ4n) is 1.68. The number of pyridine rings is 1. The topological polar surface area (TPSA) is 85.7 Å². The molecule has 98 valence electrons. The molecule has 1 unspecified atom stereocenters. The lowest BCUT2D eigenvalue weighted by molar-refractivity contribution is -0.126. The van der Waals surface area contributed by atoms with Gasteiger partial charge >= 0.3 is 0 Å². The Balaban J connectivity index is 1.81. The van der Waals surface area contributed by atoms with Gasteiger partial charge in [-0.25, -0.2) is 9.37 Å². The standard InChI is InChI=1S/C11H14FN3O3/c12-7-1-2-10(13-3-7)14-11(18)9(17)6-15-4-8(16)5-15/h1-3,8-9,16-17H,4-6H2,(H,13,14,18). The summed E-state index contributed by atoms with van der Waals surface area (Å²) < 4.78 is 12.6. The van der Waals surface area contributed by atoms with Gasteiger partial charge in [-0.3, -0.25) is 9.69 Å². The molecule has 1 aromatic rings. The summed E-state index contributed by atoms with van der Waals surface area (Å²) in [6.45, 7) is 1.07. The number of anilines is 1. The first-order valence-electron chi connectivity index (χ1n) is 5.55. The zero-order chi connectivity index (χ0) is 13.1. The highest BCUT2D eigenvalue weighted by Crippen LogP contribution is 2.09. The van der Waals surface area contributed by atoms with E-state index in [9.17, 15) is 14.3 Å². The van der Waals surface area contributed by atoms with E-state index in [4.69, 9.17) is 5.11 Å². The van der Waals surface area contributed by atoms with E-state index in [-0.39, 0.29) is 18.5 Å². The predicted octanol–water partition coefficient (Wildman–Crippen LogP) is -0.803. The van der Waals surface area contributed by atoms with Crippen LogP contribution in [0.15, 0.2) is 18.3 Å². The Hall–Kier alpha value is -1.57. The summed E-state index contributed by atoms with van der Waals surface area (Å²) in [6, 6.07) is 2.48. The van der Waals surface area contributed by atoms with Crippen molar-refractivity contribution in [2.24, 2.45) is 0 Å². The monoisotopic (exact) mass is 255 g/mol. The second kappa shape index (κ2) is 5.38. The largest absolute Gasteiger partial charge is 0.390 e. The van der Waals surface area contributed by atoms with Gasteiger partial charge in [-0.1, -0.05) is 0 Å². The van der Waals surface area contributed by atoms with Gasteiger partial charge in [-0.15, -0.1) is 0 Å². The van der Waals surface area contributed by atoms with Crippen LogP contribution in [0.5, 0.6) is 0 Å². The number of halogens is 1. The average molecular weight is 255 g/mol. The molecule has 0 radical (unpaired) electrons. The predicted molar refractivity (Wildman–Crippen MR) is 61.3 cm³/mol. The summed E-state index contributed by atoms with van der Waals surface area (Å²) in [4.78, 5) is 17.0. The SMILES string of the molecule is O=C(Nc1ccc(F)cn1)C(O)CN1CC(O)C1. The highest BCUT2D eigenvalue weighted by Gasteiger charge is 2.28. The summed E-state index contributed by atoms with van der Waals surface area (Å²) in [6.07, 6.45) is -0.600. The second-order valence-corrected chi connectivity index (χ2v) is 4.24. The third-order valence-corrected chi connectivity index (χ3v) is 2.65. The molecule has 18 heavy (non-hydrogen) atoms. The van der Waals surface area contributed by atoms with Crippen LogP contribution in [-0.4, -0.2) is 57.8 Å². The molecular formula is C11H14FN3O3. The lowest BCUT2D eigenvalue weighted by Crippen LogP contribution is -2.54. The lowest BCUT2D eigenvalue weighted by Gasteiger charge is -2.36. The number of carbonyl (C=O) groups excluding carboxylic acids is 1. The minimum absolute atomic E-state index is 0.157. The van der Waals surface area contributed by atoms with Crippen molar-refractivity contribution in [2.45, 2.75) is 12.2 Å². The molecule has 0 aliphatic carbocycles. The maximum absolute atomic E-state index is 12.6. The molecule has 1 fully saturated rings. The average Bonchev–Trinajstić information content (AvgIpc) is 2.30. The molecule has 1 atom stereocenters. The first kappa shape index (κ1) is 12.9. The third kappa shape index (κ3) is 3.22. The smallest absolute Gasteiger partial charge is 0.255 e. The van der Waals surface area contributed by atoms with Crippen molar-refractivity contribution < 1.29 is 19.4 Å². The fourth-order valence-corrected chi connectivity index (χ4v) is 1.68. The number of nitrogens with one attached hydrogen (secondary N) is 1. The molecule has 0 saturated carbocycles. The van der Waals surface area contributed by atoms with Crippen molar-refractivity contribution >= 4 is 11.7 Å². The van der Waals surface area contributed by atoms with Gasteiger partial charge in [0, 0.05) is 19.6 Å². The van der Waals surface area contributed by atoms with Gasteiger partial charge in [0.1, 0.15) is 17.7 Å². The van der Waals surface area contributed by atoms with Crippen molar-refractivity contribution in [3.63, 3.8) is 0 Å². The van der Waals surface area contributed by atoms with Crippen LogP contribution >= 0.6 is 0 Å². The van der Waals surface area contributed by atoms with Gasteiger partial charge in [-0.2, -0.15) is 0 Å². The fraction of sp³-hybridized carbons (Fsp3) is 0.455. The molecule has 1 aromatic heterocycles. The molecule has 0 bridgehead atoms. The lowest BCUT2D eigenvalue weighted by atomic mass is 10.1. The summed E-state index contributed by atoms with van der Waals surface area (Å²) in [5.41, 5.74) is 0. The van der Waals surface area contributed by atoms with Crippen LogP contribution in [0, 0.1) is 5.82 Å². The normalized spacial score (nSPS) is 18.2. The van der Waals surface area contributed by atoms with Crippen molar-refractivity contribution in [2.75, 3.05) is 25.0 Å². The summed E-state index contributed by atoms with van der Waals surface area (Å²) in [5, 5.41) is 21.1. The van der Waals surface area contributed by atoms with Crippen LogP contribution in [0.4, 0.5) is 10.2 Å². The molecule has 0 aromatic carbocycles. The van der Waals surface area contributed by atoms with Crippen LogP contribution in [-0.2, 0) is 4.79 Å². The number of rotatable bonds is 4. The number of aliphatic hydroxyl groups is 2. The number of β-amino-alcohol motifs (C(OH)–C–C–N with tert-alkyl or cyclic N) is 2. The Morgan fingerprint density at radius 3 is 2.89 bits per heavy atom. The van der Waals surface area contributed by atoms with Crippen molar-refractivity contribution in [1.82, 2.24) is 9.88 Å². The minimum Gasteiger partial charge on any atom is -0.390 e. The van der Waals surface area contributed by atoms with Crippen molar-refractivity contribution in [1.29, 1.82) is 0 Å². The number of nitrogens with zero attached hydrogens (tertiary/aromatic N) is 2. The van der Waals surface area contributed by atoms with E-state index in [1.165, 1.54) is 12.1 Å². The minimum atomic E-state index is -1.20. The molecule has 1 aliphatic heterocycles. The van der Waals surface area contributed by atoms with Crippen LogP contribution in [0.1, 0.15) is 0 Å². The Labute approximate surface area is 103 Å². The van der Waals surface area contributed by atoms with E-state index >= 15 is 0 Å². The molecule has 1 aliphatic rings. The molecule has 2 rings (SSSR count). The van der Waals surface area contributed by atoms with E-state index in [0.29, 0.717) is 13.1 Å². The number of amides is 1. The molecule has 3 N–H and O–H groups in total. The number of aliphatic hydroxyl groups excluding tert-OH is 2. The molecular weight excluding hydrogens is 241 g/mol. The number of aromatic nitrogens is 1. The van der Waals surface area contributed by atoms with Gasteiger partial charge in [0.25, 0.3) is 5.91 Å². The Kier molecular flexibility index (Phi) is 3.85. The van der Waals surface area contributed by atoms with Gasteiger partial charge in [0.2, 0.25) is 0 Å². The molecule has 2 heterocycles. The number of hydrogen-bond donors (Lipinski definition) is 3. The van der Waals surface area contributed by atoms with Crippen LogP contribution in [0.2, 0.25) is 0 Å². The van der Waals surface area contributed by atoms with E-state index in [0.717, 1.165) is 6.20 Å². The van der Waals surface area contributed by atoms with Gasteiger partial charge in [-0.05, 0) is 12.1 Å². The highest BCUT2D eigenvalue weighted by molar-refractivity contribution is 5.93. The third-order valence-electron chi connectivity index (χ3n) is 2.65. The van der Waals surface area contributed by atoms with E-state index in [1.807, 2.05) is 0 Å². The van der Waals surface area contributed by atoms with E-state index < -0.39 is 17.8 Å². The number of likely N-dealkylation sites (tertiary alicyclic amines) is 1. The van der Waals surface area contributed by atoms with Gasteiger partial charge in [0.05, 0.1) is 12.3 Å². The maximum atomic E-state index is 12.6. The molecule has 1 amide bonds. The molecule has 6 nitrogen and oxygen atoms in total. The maximum Gasteiger partial charge on any atom is 0.255 e. The highest BCUT2D eigenvalue weighted by atomic mass is 19.1. The van der Waals surface area contributed by atoms with Crippen LogP contribution in [0.25, 0.3) is 0 Å². The Bertz CT molecular complexity index is 420.